The highest BCUT2D eigenvalue weighted by Crippen LogP contribution is 2.34. The molecule has 2 unspecified atom stereocenters. The minimum Gasteiger partial charge on any atom is -0.389 e. The minimum atomic E-state index is -4.91. The zero-order chi connectivity index (χ0) is 25.7. The van der Waals surface area contributed by atoms with E-state index < -0.39 is 29.7 Å². The van der Waals surface area contributed by atoms with Crippen LogP contribution in [-0.2, 0) is 25.7 Å². The van der Waals surface area contributed by atoms with E-state index in [1.807, 2.05) is 0 Å². The maximum atomic E-state index is 13.6. The Morgan fingerprint density at radius 2 is 2.06 bits per heavy atom. The average Bonchev–Trinajstić information content (AvgIpc) is 3.07. The quantitative estimate of drug-likeness (QED) is 0.505. The summed E-state index contributed by atoms with van der Waals surface area (Å²) in [6, 6.07) is 1.20. The molecule has 0 saturated carbocycles. The van der Waals surface area contributed by atoms with Gasteiger partial charge in [-0.15, -0.1) is 6.58 Å². The van der Waals surface area contributed by atoms with Crippen molar-refractivity contribution in [3.63, 3.8) is 0 Å². The summed E-state index contributed by atoms with van der Waals surface area (Å²) in [5, 5.41) is 17.3. The Balaban J connectivity index is 1.61. The highest BCUT2D eigenvalue weighted by Gasteiger charge is 2.38. The van der Waals surface area contributed by atoms with Crippen LogP contribution in [0.4, 0.5) is 28.0 Å². The number of alkyl halides is 3. The number of aromatic nitrogens is 2. The average molecular weight is 495 g/mol. The van der Waals surface area contributed by atoms with Gasteiger partial charge in [0.1, 0.15) is 11.5 Å². The molecule has 35 heavy (non-hydrogen) atoms. The Labute approximate surface area is 198 Å². The fourth-order valence-corrected chi connectivity index (χ4v) is 4.56. The van der Waals surface area contributed by atoms with E-state index in [0.29, 0.717) is 35.5 Å². The number of halogens is 4. The molecule has 3 heterocycles. The van der Waals surface area contributed by atoms with Crippen molar-refractivity contribution < 1.29 is 32.3 Å². The van der Waals surface area contributed by atoms with Gasteiger partial charge in [0.15, 0.2) is 0 Å². The lowest BCUT2D eigenvalue weighted by molar-refractivity contribution is -0.139. The fraction of sp³-hybridized carbons (Fsp3) is 0.435. The van der Waals surface area contributed by atoms with Crippen molar-refractivity contribution >= 4 is 17.6 Å². The smallest absolute Gasteiger partial charge is 0.389 e. The van der Waals surface area contributed by atoms with Crippen LogP contribution in [-0.4, -0.2) is 62.4 Å². The zero-order valence-electron chi connectivity index (χ0n) is 19.1. The summed E-state index contributed by atoms with van der Waals surface area (Å²) in [6.07, 6.45) is -4.01. The number of fused-ring (bicyclic) bond motifs is 3. The SMILES string of the molecule is C=C[C@@H](O)C1CN(C)C(=O)c2c3c(nn2C1)CC(C)N(C(=O)Nc1ccc(F)c(C(F)(F)F)c1)C3. The van der Waals surface area contributed by atoms with Crippen LogP contribution in [0, 0.1) is 11.7 Å². The highest BCUT2D eigenvalue weighted by molar-refractivity contribution is 5.95. The van der Waals surface area contributed by atoms with E-state index in [1.54, 1.807) is 18.7 Å². The number of benzene rings is 1. The second kappa shape index (κ2) is 8.99. The number of urea groups is 1. The van der Waals surface area contributed by atoms with E-state index in [0.717, 1.165) is 6.07 Å². The van der Waals surface area contributed by atoms with Crippen molar-refractivity contribution in [1.29, 1.82) is 0 Å². The van der Waals surface area contributed by atoms with E-state index in [4.69, 9.17) is 0 Å². The molecule has 0 spiro atoms. The predicted octanol–water partition coefficient (Wildman–Crippen LogP) is 3.27. The summed E-state index contributed by atoms with van der Waals surface area (Å²) in [7, 11) is 1.61. The molecule has 0 saturated heterocycles. The number of carbonyl (C=O) groups excluding carboxylic acids is 2. The van der Waals surface area contributed by atoms with Crippen LogP contribution in [0.25, 0.3) is 0 Å². The summed E-state index contributed by atoms with van der Waals surface area (Å²) in [5.74, 6) is -2.06. The van der Waals surface area contributed by atoms with Gasteiger partial charge < -0.3 is 20.2 Å². The van der Waals surface area contributed by atoms with Gasteiger partial charge in [-0.3, -0.25) is 9.48 Å². The van der Waals surface area contributed by atoms with Gasteiger partial charge >= 0.3 is 12.2 Å². The fourth-order valence-electron chi connectivity index (χ4n) is 4.56. The molecule has 0 fully saturated rings. The first-order chi connectivity index (χ1) is 16.4. The predicted molar refractivity (Wildman–Crippen MR) is 118 cm³/mol. The van der Waals surface area contributed by atoms with E-state index in [9.17, 15) is 32.3 Å². The number of nitrogens with one attached hydrogen (secondary N) is 1. The third-order valence-corrected chi connectivity index (χ3v) is 6.46. The number of rotatable bonds is 3. The van der Waals surface area contributed by atoms with E-state index in [1.165, 1.54) is 15.9 Å². The van der Waals surface area contributed by atoms with Gasteiger partial charge in [0.25, 0.3) is 5.91 Å². The van der Waals surface area contributed by atoms with Crippen LogP contribution in [0.2, 0.25) is 0 Å². The maximum absolute atomic E-state index is 13.6. The standard InChI is InChI=1S/C23H25F4N5O3/c1-4-19(33)13-9-30(3)21(34)20-15-11-31(12(2)7-18(15)29-32(20)10-13)22(35)28-14-5-6-17(24)16(8-14)23(25,26)27/h4-6,8,12-13,19,33H,1,7,9-11H2,2-3H3,(H,28,35)/t12?,13?,19-/m1/s1. The number of hydrogen-bond acceptors (Lipinski definition) is 4. The van der Waals surface area contributed by atoms with Gasteiger partial charge in [-0.25, -0.2) is 9.18 Å². The van der Waals surface area contributed by atoms with Crippen LogP contribution in [0.3, 0.4) is 0 Å². The molecule has 0 aliphatic carbocycles. The van der Waals surface area contributed by atoms with Crippen LogP contribution < -0.4 is 5.32 Å². The van der Waals surface area contributed by atoms with Crippen LogP contribution in [0.15, 0.2) is 30.9 Å². The number of amides is 3. The molecule has 12 heteroatoms. The molecule has 2 aliphatic rings. The van der Waals surface area contributed by atoms with Gasteiger partial charge in [-0.1, -0.05) is 6.08 Å². The molecule has 3 atom stereocenters. The molecular weight excluding hydrogens is 470 g/mol. The first kappa shape index (κ1) is 24.7. The number of aliphatic hydroxyl groups excluding tert-OH is 1. The lowest BCUT2D eigenvalue weighted by atomic mass is 9.99. The van der Waals surface area contributed by atoms with Crippen LogP contribution >= 0.6 is 0 Å². The first-order valence-corrected chi connectivity index (χ1v) is 11.0. The molecule has 3 amide bonds. The Bertz CT molecular complexity index is 1180. The van der Waals surface area contributed by atoms with Gasteiger partial charge in [0.2, 0.25) is 0 Å². The van der Waals surface area contributed by atoms with Crippen molar-refractivity contribution in [3.8, 4) is 0 Å². The van der Waals surface area contributed by atoms with E-state index in [2.05, 4.69) is 17.0 Å². The third kappa shape index (κ3) is 4.62. The molecule has 188 valence electrons. The number of anilines is 1. The van der Waals surface area contributed by atoms with Crippen molar-refractivity contribution in [3.05, 3.63) is 59.2 Å². The molecule has 0 radical (unpaired) electrons. The van der Waals surface area contributed by atoms with Gasteiger partial charge in [-0.2, -0.15) is 18.3 Å². The third-order valence-electron chi connectivity index (χ3n) is 6.46. The van der Waals surface area contributed by atoms with E-state index in [-0.39, 0.29) is 43.2 Å². The normalized spacial score (nSPS) is 21.2. The zero-order valence-corrected chi connectivity index (χ0v) is 19.1. The first-order valence-electron chi connectivity index (χ1n) is 11.0. The monoisotopic (exact) mass is 495 g/mol. The van der Waals surface area contributed by atoms with Gasteiger partial charge in [-0.05, 0) is 25.1 Å². The summed E-state index contributed by atoms with van der Waals surface area (Å²) in [5.41, 5.74) is -0.164. The van der Waals surface area contributed by atoms with Crippen molar-refractivity contribution in [2.75, 3.05) is 18.9 Å². The Morgan fingerprint density at radius 3 is 2.71 bits per heavy atom. The van der Waals surface area contributed by atoms with Crippen molar-refractivity contribution in [2.24, 2.45) is 5.92 Å². The Kier molecular flexibility index (Phi) is 6.34. The van der Waals surface area contributed by atoms with Gasteiger partial charge in [0.05, 0.1) is 23.9 Å². The summed E-state index contributed by atoms with van der Waals surface area (Å²) >= 11 is 0. The summed E-state index contributed by atoms with van der Waals surface area (Å²) < 4.78 is 54.3. The lowest BCUT2D eigenvalue weighted by Gasteiger charge is -2.33. The van der Waals surface area contributed by atoms with Crippen LogP contribution in [0.5, 0.6) is 0 Å². The molecule has 4 rings (SSSR count). The second-order valence-electron chi connectivity index (χ2n) is 8.93. The molecule has 1 aromatic heterocycles. The van der Waals surface area contributed by atoms with Crippen molar-refractivity contribution in [2.45, 2.75) is 44.8 Å². The molecule has 2 N–H and O–H groups in total. The Morgan fingerprint density at radius 1 is 1.34 bits per heavy atom. The summed E-state index contributed by atoms with van der Waals surface area (Å²) in [6.45, 7) is 5.95. The van der Waals surface area contributed by atoms with E-state index >= 15 is 0 Å². The van der Waals surface area contributed by atoms with Crippen molar-refractivity contribution in [1.82, 2.24) is 19.6 Å². The molecular formula is C23H25F4N5O3. The highest BCUT2D eigenvalue weighted by atomic mass is 19.4. The molecule has 2 aliphatic heterocycles. The van der Waals surface area contributed by atoms with Crippen LogP contribution in [0.1, 0.15) is 34.2 Å². The number of carbonyl (C=O) groups is 2. The molecule has 1 aromatic carbocycles. The number of nitrogens with zero attached hydrogens (tertiary/aromatic N) is 4. The molecule has 8 nitrogen and oxygen atoms in total. The second-order valence-corrected chi connectivity index (χ2v) is 8.93. The largest absolute Gasteiger partial charge is 0.419 e. The number of aliphatic hydroxyl groups is 1. The minimum absolute atomic E-state index is 0.0131. The Hall–Kier alpha value is -3.41. The number of hydrogen-bond donors (Lipinski definition) is 2. The summed E-state index contributed by atoms with van der Waals surface area (Å²) in [4.78, 5) is 29.0. The lowest BCUT2D eigenvalue weighted by Crippen LogP contribution is -2.45. The topological polar surface area (TPSA) is 90.7 Å². The molecule has 2 aromatic rings. The molecule has 0 bridgehead atoms. The van der Waals surface area contributed by atoms with Gasteiger partial charge in [0, 0.05) is 49.8 Å². The maximum Gasteiger partial charge on any atom is 0.419 e.